The van der Waals surface area contributed by atoms with E-state index in [1.54, 1.807) is 26.2 Å². The van der Waals surface area contributed by atoms with Crippen molar-refractivity contribution in [2.24, 2.45) is 7.05 Å². The third-order valence-corrected chi connectivity index (χ3v) is 11.3. The Bertz CT molecular complexity index is 2000. The number of halogens is 2. The van der Waals surface area contributed by atoms with Crippen molar-refractivity contribution >= 4 is 40.8 Å². The van der Waals surface area contributed by atoms with Crippen LogP contribution >= 0.6 is 23.2 Å². The molecule has 0 spiro atoms. The number of aromatic nitrogens is 2. The van der Waals surface area contributed by atoms with Crippen LogP contribution in [-0.2, 0) is 37.8 Å². The third kappa shape index (κ3) is 6.12. The van der Waals surface area contributed by atoms with E-state index in [0.717, 1.165) is 71.4 Å². The van der Waals surface area contributed by atoms with Gasteiger partial charge in [0.15, 0.2) is 5.82 Å². The third-order valence-electron chi connectivity index (χ3n) is 10.6. The molecule has 0 bridgehead atoms. The summed E-state index contributed by atoms with van der Waals surface area (Å²) < 4.78 is 14.2. The maximum absolute atomic E-state index is 13.4. The lowest BCUT2D eigenvalue weighted by atomic mass is 9.96. The van der Waals surface area contributed by atoms with Gasteiger partial charge in [-0.15, -0.1) is 0 Å². The molecule has 1 aliphatic carbocycles. The average molecular weight is 719 g/mol. The molecule has 12 heteroatoms. The lowest BCUT2D eigenvalue weighted by Gasteiger charge is -2.31. The number of fused-ring (bicyclic) bond motifs is 2. The fourth-order valence-corrected chi connectivity index (χ4v) is 8.23. The Kier molecular flexibility index (Phi) is 9.32. The molecule has 0 saturated carbocycles. The second-order valence-electron chi connectivity index (χ2n) is 13.7. The quantitative estimate of drug-likeness (QED) is 0.188. The van der Waals surface area contributed by atoms with Gasteiger partial charge in [0, 0.05) is 56.0 Å². The van der Waals surface area contributed by atoms with Crippen molar-refractivity contribution in [1.82, 2.24) is 19.4 Å². The Balaban J connectivity index is 1.11. The van der Waals surface area contributed by atoms with E-state index in [-0.39, 0.29) is 12.0 Å². The maximum atomic E-state index is 13.4. The van der Waals surface area contributed by atoms with Crippen molar-refractivity contribution in [3.05, 3.63) is 92.5 Å². The molecule has 10 nitrogen and oxygen atoms in total. The van der Waals surface area contributed by atoms with Crippen LogP contribution in [0.5, 0.6) is 11.5 Å². The zero-order valence-electron chi connectivity index (χ0n) is 28.7. The number of amides is 1. The van der Waals surface area contributed by atoms with E-state index in [0.29, 0.717) is 59.1 Å². The maximum Gasteiger partial charge on any atom is 0.323 e. The number of aliphatic carboxylic acids is 1. The summed E-state index contributed by atoms with van der Waals surface area (Å²) in [6.07, 6.45) is 3.52. The Morgan fingerprint density at radius 3 is 2.62 bits per heavy atom. The number of hydrogen-bond donors (Lipinski definition) is 2. The number of imidazole rings is 1. The molecule has 2 atom stereocenters. The number of ether oxygens (including phenoxy) is 2. The molecule has 262 valence electrons. The normalized spacial score (nSPS) is 20.4. The van der Waals surface area contributed by atoms with E-state index in [1.165, 1.54) is 0 Å². The molecule has 1 saturated heterocycles. The number of carboxylic acids is 1. The molecule has 1 fully saturated rings. The van der Waals surface area contributed by atoms with Gasteiger partial charge >= 0.3 is 5.97 Å². The van der Waals surface area contributed by atoms with Crippen molar-refractivity contribution in [2.75, 3.05) is 32.6 Å². The zero-order valence-corrected chi connectivity index (χ0v) is 30.2. The smallest absolute Gasteiger partial charge is 0.323 e. The molecule has 3 aliphatic rings. The van der Waals surface area contributed by atoms with E-state index in [4.69, 9.17) is 32.7 Å². The molecule has 0 radical (unpaired) electrons. The number of likely N-dealkylation sites (tertiary alicyclic amines) is 1. The standard InChI is InChI=1S/C38H41Cl2N5O5/c1-38(37(47)48)15-7-16-45(38)20-22-18-27(39)33(19-32(22)49-4)50-31-13-12-24-23(8-5-9-25(24)31)26-10-6-11-28(34(26)40)42-36(46)35-41-29-21-43(2)17-14-30(29)44(35)3/h5-6,8-11,18-19,31H,7,12-17,20-21H2,1-4H3,(H,42,46)(H,47,48). The molecule has 2 unspecified atom stereocenters. The summed E-state index contributed by atoms with van der Waals surface area (Å²) in [4.78, 5) is 34.3. The lowest BCUT2D eigenvalue weighted by Crippen LogP contribution is -2.47. The minimum atomic E-state index is -0.929. The molecule has 2 aliphatic heterocycles. The SMILES string of the molecule is COc1cc(OC2CCc3c(-c4cccc(NC(=O)c5nc6c(n5C)CCN(C)C6)c4Cl)cccc32)c(Cl)cc1CN1CCCC1(C)C(=O)O. The molecule has 3 heterocycles. The molecule has 2 N–H and O–H groups in total. The molecule has 1 amide bonds. The van der Waals surface area contributed by atoms with Crippen LogP contribution in [0.3, 0.4) is 0 Å². The van der Waals surface area contributed by atoms with Gasteiger partial charge in [-0.05, 0) is 75.0 Å². The molecule has 4 aromatic rings. The van der Waals surface area contributed by atoms with Gasteiger partial charge < -0.3 is 29.4 Å². The number of rotatable bonds is 9. The Morgan fingerprint density at radius 1 is 1.06 bits per heavy atom. The van der Waals surface area contributed by atoms with Gasteiger partial charge in [0.2, 0.25) is 0 Å². The summed E-state index contributed by atoms with van der Waals surface area (Å²) in [6, 6.07) is 15.4. The first-order chi connectivity index (χ1) is 24.0. The van der Waals surface area contributed by atoms with Gasteiger partial charge in [-0.25, -0.2) is 4.98 Å². The topological polar surface area (TPSA) is 109 Å². The number of carbonyl (C=O) groups excluding carboxylic acids is 1. The van der Waals surface area contributed by atoms with E-state index in [2.05, 4.69) is 28.3 Å². The summed E-state index contributed by atoms with van der Waals surface area (Å²) in [5.41, 5.74) is 6.41. The minimum absolute atomic E-state index is 0.248. The number of anilines is 1. The number of nitrogens with zero attached hydrogens (tertiary/aromatic N) is 4. The summed E-state index contributed by atoms with van der Waals surface area (Å²) in [5.74, 6) is 0.339. The molecule has 50 heavy (non-hydrogen) atoms. The number of hydrogen-bond acceptors (Lipinski definition) is 7. The Labute approximate surface area is 301 Å². The largest absolute Gasteiger partial charge is 0.496 e. The lowest BCUT2D eigenvalue weighted by molar-refractivity contribution is -0.148. The number of carbonyl (C=O) groups is 2. The monoisotopic (exact) mass is 717 g/mol. The highest BCUT2D eigenvalue weighted by Gasteiger charge is 2.43. The molecular weight excluding hydrogens is 677 g/mol. The molecule has 1 aromatic heterocycles. The number of benzene rings is 3. The predicted molar refractivity (Wildman–Crippen MR) is 193 cm³/mol. The number of carboxylic acid groups (broad SMARTS) is 1. The van der Waals surface area contributed by atoms with Crippen LogP contribution in [0, 0.1) is 0 Å². The average Bonchev–Trinajstić information content (AvgIpc) is 3.78. The van der Waals surface area contributed by atoms with Crippen molar-refractivity contribution < 1.29 is 24.2 Å². The summed E-state index contributed by atoms with van der Waals surface area (Å²) in [5, 5.41) is 13.8. The van der Waals surface area contributed by atoms with E-state index in [1.807, 2.05) is 46.8 Å². The molecular formula is C38H41Cl2N5O5. The van der Waals surface area contributed by atoms with Gasteiger partial charge in [-0.1, -0.05) is 53.5 Å². The number of nitrogens with one attached hydrogen (secondary N) is 1. The van der Waals surface area contributed by atoms with E-state index >= 15 is 0 Å². The van der Waals surface area contributed by atoms with Crippen molar-refractivity contribution in [1.29, 1.82) is 0 Å². The predicted octanol–water partition coefficient (Wildman–Crippen LogP) is 7.15. The summed E-state index contributed by atoms with van der Waals surface area (Å²) in [6.45, 7) is 4.51. The molecule has 3 aromatic carbocycles. The molecule has 7 rings (SSSR count). The van der Waals surface area contributed by atoms with Gasteiger partial charge in [0.1, 0.15) is 23.1 Å². The van der Waals surface area contributed by atoms with Gasteiger partial charge in [0.05, 0.1) is 28.5 Å². The van der Waals surface area contributed by atoms with Crippen molar-refractivity contribution in [2.45, 2.75) is 63.8 Å². The van der Waals surface area contributed by atoms with Crippen LogP contribution in [-0.4, -0.2) is 69.1 Å². The Hall–Kier alpha value is -4.09. The highest BCUT2D eigenvalue weighted by atomic mass is 35.5. The van der Waals surface area contributed by atoms with Crippen LogP contribution in [0.4, 0.5) is 5.69 Å². The first-order valence-corrected chi connectivity index (χ1v) is 17.7. The van der Waals surface area contributed by atoms with E-state index in [9.17, 15) is 14.7 Å². The van der Waals surface area contributed by atoms with Gasteiger partial charge in [-0.2, -0.15) is 0 Å². The van der Waals surface area contributed by atoms with Crippen molar-refractivity contribution in [3.8, 4) is 22.6 Å². The van der Waals surface area contributed by atoms with Crippen LogP contribution in [0.1, 0.15) is 71.0 Å². The van der Waals surface area contributed by atoms with E-state index < -0.39 is 11.5 Å². The zero-order chi connectivity index (χ0) is 35.3. The second-order valence-corrected chi connectivity index (χ2v) is 14.5. The van der Waals surface area contributed by atoms with Crippen LogP contribution in [0.25, 0.3) is 11.1 Å². The highest BCUT2D eigenvalue weighted by molar-refractivity contribution is 6.36. The van der Waals surface area contributed by atoms with Gasteiger partial charge in [-0.3, -0.25) is 14.5 Å². The fraction of sp³-hybridized carbons (Fsp3) is 0.395. The number of likely N-dealkylation sites (N-methyl/N-ethyl adjacent to an activating group) is 1. The van der Waals surface area contributed by atoms with Crippen molar-refractivity contribution in [3.63, 3.8) is 0 Å². The summed E-state index contributed by atoms with van der Waals surface area (Å²) >= 11 is 13.8. The first-order valence-electron chi connectivity index (χ1n) is 16.9. The first kappa shape index (κ1) is 34.4. The van der Waals surface area contributed by atoms with Gasteiger partial charge in [0.25, 0.3) is 5.91 Å². The van der Waals surface area contributed by atoms with Crippen LogP contribution < -0.4 is 14.8 Å². The van der Waals surface area contributed by atoms with Crippen LogP contribution in [0.15, 0.2) is 48.5 Å². The van der Waals surface area contributed by atoms with Crippen LogP contribution in [0.2, 0.25) is 10.0 Å². The number of methoxy groups -OCH3 is 1. The highest BCUT2D eigenvalue weighted by Crippen LogP contribution is 2.45. The Morgan fingerprint density at radius 2 is 1.84 bits per heavy atom. The summed E-state index contributed by atoms with van der Waals surface area (Å²) in [7, 11) is 5.53. The fourth-order valence-electron chi connectivity index (χ4n) is 7.72. The minimum Gasteiger partial charge on any atom is -0.496 e. The second kappa shape index (κ2) is 13.6.